The molecule has 0 aliphatic rings. The molecule has 2 N–H and O–H groups in total. The van der Waals surface area contributed by atoms with Gasteiger partial charge in [-0.05, 0) is 30.5 Å². The van der Waals surface area contributed by atoms with Gasteiger partial charge in [0, 0.05) is 15.7 Å². The number of rotatable bonds is 6. The van der Waals surface area contributed by atoms with Crippen molar-refractivity contribution in [1.29, 1.82) is 0 Å². The molecular weight excluding hydrogens is 424 g/mol. The van der Waals surface area contributed by atoms with E-state index in [4.69, 9.17) is 0 Å². The lowest BCUT2D eigenvalue weighted by Gasteiger charge is -2.15. The van der Waals surface area contributed by atoms with E-state index in [1.807, 2.05) is 55.5 Å². The summed E-state index contributed by atoms with van der Waals surface area (Å²) in [4.78, 5) is 17.1. The molecule has 0 aliphatic heterocycles. The number of hydrogen-bond donors (Lipinski definition) is 2. The Morgan fingerprint density at radius 2 is 1.81 bits per heavy atom. The largest absolute Gasteiger partial charge is 0.325 e. The topological polar surface area (TPSA) is 70.7 Å². The molecule has 0 bridgehead atoms. The van der Waals surface area contributed by atoms with Crippen molar-refractivity contribution in [3.63, 3.8) is 0 Å². The molecule has 0 fully saturated rings. The number of anilines is 1. The first-order valence-corrected chi connectivity index (χ1v) is 10.4. The molecule has 1 heterocycles. The highest BCUT2D eigenvalue weighted by Gasteiger charge is 2.19. The second kappa shape index (κ2) is 8.71. The molecule has 1 unspecified atom stereocenters. The SMILES string of the molecule is CC(Sc1n[nH]c(-c2ccccc2Br)n1)C(=O)Nc1ccccc1C(C)C. The van der Waals surface area contributed by atoms with E-state index < -0.39 is 0 Å². The minimum absolute atomic E-state index is 0.0691. The van der Waals surface area contributed by atoms with Crippen molar-refractivity contribution in [3.05, 3.63) is 58.6 Å². The molecule has 1 aromatic heterocycles. The van der Waals surface area contributed by atoms with Crippen molar-refractivity contribution in [1.82, 2.24) is 15.2 Å². The van der Waals surface area contributed by atoms with E-state index in [2.05, 4.69) is 50.3 Å². The number of thioether (sulfide) groups is 1. The number of halogens is 1. The number of para-hydroxylation sites is 1. The van der Waals surface area contributed by atoms with Crippen molar-refractivity contribution in [2.45, 2.75) is 37.1 Å². The highest BCUT2D eigenvalue weighted by Crippen LogP contribution is 2.29. The molecule has 5 nitrogen and oxygen atoms in total. The highest BCUT2D eigenvalue weighted by atomic mass is 79.9. The van der Waals surface area contributed by atoms with Gasteiger partial charge in [0.15, 0.2) is 5.82 Å². The summed E-state index contributed by atoms with van der Waals surface area (Å²) in [6.45, 7) is 6.08. The highest BCUT2D eigenvalue weighted by molar-refractivity contribution is 9.10. The van der Waals surface area contributed by atoms with Crippen LogP contribution in [0.2, 0.25) is 0 Å². The number of nitrogens with zero attached hydrogens (tertiary/aromatic N) is 2. The minimum Gasteiger partial charge on any atom is -0.325 e. The first-order valence-electron chi connectivity index (χ1n) is 8.69. The van der Waals surface area contributed by atoms with Crippen molar-refractivity contribution in [2.75, 3.05) is 5.32 Å². The predicted octanol–water partition coefficient (Wildman–Crippen LogP) is 5.48. The molecule has 1 amide bonds. The van der Waals surface area contributed by atoms with Crippen molar-refractivity contribution in [2.24, 2.45) is 0 Å². The van der Waals surface area contributed by atoms with Crippen molar-refractivity contribution < 1.29 is 4.79 Å². The molecule has 7 heteroatoms. The van der Waals surface area contributed by atoms with Crippen LogP contribution in [0.15, 0.2) is 58.2 Å². The van der Waals surface area contributed by atoms with Crippen LogP contribution in [0.25, 0.3) is 11.4 Å². The van der Waals surface area contributed by atoms with E-state index in [-0.39, 0.29) is 11.2 Å². The lowest BCUT2D eigenvalue weighted by Crippen LogP contribution is -2.23. The quantitative estimate of drug-likeness (QED) is 0.493. The summed E-state index contributed by atoms with van der Waals surface area (Å²) in [5, 5.41) is 10.4. The normalized spacial score (nSPS) is 12.2. The summed E-state index contributed by atoms with van der Waals surface area (Å²) in [7, 11) is 0. The Morgan fingerprint density at radius 1 is 1.11 bits per heavy atom. The van der Waals surface area contributed by atoms with E-state index in [1.165, 1.54) is 11.8 Å². The van der Waals surface area contributed by atoms with Crippen LogP contribution in [0.1, 0.15) is 32.3 Å². The first-order chi connectivity index (χ1) is 13.0. The maximum Gasteiger partial charge on any atom is 0.237 e. The molecule has 0 saturated carbocycles. The fraction of sp³-hybridized carbons (Fsp3) is 0.250. The van der Waals surface area contributed by atoms with Gasteiger partial charge in [0.25, 0.3) is 0 Å². The maximum absolute atomic E-state index is 12.6. The molecule has 27 heavy (non-hydrogen) atoms. The van der Waals surface area contributed by atoms with Gasteiger partial charge in [-0.15, -0.1) is 5.10 Å². The zero-order chi connectivity index (χ0) is 19.4. The van der Waals surface area contributed by atoms with Crippen LogP contribution in [0.4, 0.5) is 5.69 Å². The Bertz CT molecular complexity index is 941. The Morgan fingerprint density at radius 3 is 2.56 bits per heavy atom. The number of carbonyl (C=O) groups is 1. The van der Waals surface area contributed by atoms with Crippen LogP contribution in [-0.4, -0.2) is 26.3 Å². The lowest BCUT2D eigenvalue weighted by molar-refractivity contribution is -0.115. The zero-order valence-electron chi connectivity index (χ0n) is 15.4. The number of aromatic nitrogens is 3. The van der Waals surface area contributed by atoms with Gasteiger partial charge < -0.3 is 5.32 Å². The number of amides is 1. The number of carbonyl (C=O) groups excluding carboxylic acids is 1. The van der Waals surface area contributed by atoms with Gasteiger partial charge >= 0.3 is 0 Å². The Kier molecular flexibility index (Phi) is 6.34. The molecule has 3 rings (SSSR count). The van der Waals surface area contributed by atoms with Crippen LogP contribution in [0, 0.1) is 0 Å². The molecule has 0 saturated heterocycles. The molecule has 3 aromatic rings. The standard InChI is InChI=1S/C20H21BrN4OS/c1-12(2)14-8-5-7-11-17(14)22-19(26)13(3)27-20-23-18(24-25-20)15-9-4-6-10-16(15)21/h4-13H,1-3H3,(H,22,26)(H,23,24,25). The first kappa shape index (κ1) is 19.6. The van der Waals surface area contributed by atoms with Crippen LogP contribution in [0.3, 0.4) is 0 Å². The van der Waals surface area contributed by atoms with E-state index in [0.29, 0.717) is 16.9 Å². The lowest BCUT2D eigenvalue weighted by atomic mass is 10.0. The summed E-state index contributed by atoms with van der Waals surface area (Å²) >= 11 is 4.84. The molecule has 2 aromatic carbocycles. The summed E-state index contributed by atoms with van der Waals surface area (Å²) in [6.07, 6.45) is 0. The molecular formula is C20H21BrN4OS. The van der Waals surface area contributed by atoms with Crippen LogP contribution in [0.5, 0.6) is 0 Å². The van der Waals surface area contributed by atoms with Gasteiger partial charge in [0.05, 0.1) is 5.25 Å². The summed E-state index contributed by atoms with van der Waals surface area (Å²) in [5.41, 5.74) is 2.91. The second-order valence-electron chi connectivity index (χ2n) is 6.44. The number of hydrogen-bond acceptors (Lipinski definition) is 4. The van der Waals surface area contributed by atoms with Gasteiger partial charge in [0.2, 0.25) is 11.1 Å². The van der Waals surface area contributed by atoms with E-state index in [1.54, 1.807) is 0 Å². The number of nitrogens with one attached hydrogen (secondary N) is 2. The van der Waals surface area contributed by atoms with Gasteiger partial charge in [-0.3, -0.25) is 9.89 Å². The van der Waals surface area contributed by atoms with Gasteiger partial charge in [-0.25, -0.2) is 4.98 Å². The molecule has 1 atom stereocenters. The summed E-state index contributed by atoms with van der Waals surface area (Å²) in [6, 6.07) is 15.7. The maximum atomic E-state index is 12.6. The third kappa shape index (κ3) is 4.78. The minimum atomic E-state index is -0.326. The average Bonchev–Trinajstić information content (AvgIpc) is 3.10. The number of H-pyrrole nitrogens is 1. The fourth-order valence-corrected chi connectivity index (χ4v) is 3.83. The molecule has 0 aliphatic carbocycles. The molecule has 0 spiro atoms. The van der Waals surface area contributed by atoms with Crippen LogP contribution >= 0.6 is 27.7 Å². The monoisotopic (exact) mass is 444 g/mol. The average molecular weight is 445 g/mol. The van der Waals surface area contributed by atoms with E-state index in [0.717, 1.165) is 21.3 Å². The Labute approximate surface area is 171 Å². The van der Waals surface area contributed by atoms with Gasteiger partial charge in [-0.1, -0.05) is 77.9 Å². The third-order valence-electron chi connectivity index (χ3n) is 4.09. The fourth-order valence-electron chi connectivity index (χ4n) is 2.63. The molecule has 0 radical (unpaired) electrons. The van der Waals surface area contributed by atoms with Gasteiger partial charge in [-0.2, -0.15) is 0 Å². The predicted molar refractivity (Wildman–Crippen MR) is 114 cm³/mol. The van der Waals surface area contributed by atoms with Crippen LogP contribution in [-0.2, 0) is 4.79 Å². The van der Waals surface area contributed by atoms with Crippen molar-refractivity contribution in [3.8, 4) is 11.4 Å². The van der Waals surface area contributed by atoms with E-state index in [9.17, 15) is 4.79 Å². The molecule has 140 valence electrons. The Balaban J connectivity index is 1.68. The smallest absolute Gasteiger partial charge is 0.237 e. The number of benzene rings is 2. The third-order valence-corrected chi connectivity index (χ3v) is 5.74. The van der Waals surface area contributed by atoms with E-state index >= 15 is 0 Å². The van der Waals surface area contributed by atoms with Crippen molar-refractivity contribution >= 4 is 39.3 Å². The number of aromatic amines is 1. The second-order valence-corrected chi connectivity index (χ2v) is 8.60. The summed E-state index contributed by atoms with van der Waals surface area (Å²) in [5.74, 6) is 0.937. The Hall–Kier alpha value is -2.12. The van der Waals surface area contributed by atoms with Gasteiger partial charge in [0.1, 0.15) is 0 Å². The zero-order valence-corrected chi connectivity index (χ0v) is 17.8. The summed E-state index contributed by atoms with van der Waals surface area (Å²) < 4.78 is 0.939. The van der Waals surface area contributed by atoms with Crippen LogP contribution < -0.4 is 5.32 Å².